The lowest BCUT2D eigenvalue weighted by Crippen LogP contribution is -2.24. The van der Waals surface area contributed by atoms with Crippen molar-refractivity contribution in [3.05, 3.63) is 99.6 Å². The Balaban J connectivity index is 2.17. The Bertz CT molecular complexity index is 974. The molecule has 1 heteroatoms. The summed E-state index contributed by atoms with van der Waals surface area (Å²) in [6.45, 7) is 15.1. The molecule has 0 saturated carbocycles. The molecular weight excluding hydrogens is 340 g/mol. The highest BCUT2D eigenvalue weighted by atomic mass is 16.3. The number of rotatable bonds is 4. The smallest absolute Gasteiger partial charge is 0.123 e. The zero-order chi connectivity index (χ0) is 20.7. The van der Waals surface area contributed by atoms with E-state index < -0.39 is 0 Å². The predicted octanol–water partition coefficient (Wildman–Crippen LogP) is 6.97. The lowest BCUT2D eigenvalue weighted by Gasteiger charge is -2.33. The molecule has 0 aromatic heterocycles. The van der Waals surface area contributed by atoms with Gasteiger partial charge in [-0.05, 0) is 37.5 Å². The average Bonchev–Trinajstić information content (AvgIpc) is 2.62. The molecule has 28 heavy (non-hydrogen) atoms. The number of phenolic OH excluding ortho intramolecular Hbond substituents is 1. The van der Waals surface area contributed by atoms with E-state index in [4.69, 9.17) is 0 Å². The minimum atomic E-state index is -0.290. The fourth-order valence-electron chi connectivity index (χ4n) is 4.23. The van der Waals surface area contributed by atoms with Gasteiger partial charge in [0.05, 0.1) is 0 Å². The summed E-state index contributed by atoms with van der Waals surface area (Å²) in [5, 5.41) is 11.5. The summed E-state index contributed by atoms with van der Waals surface area (Å²) in [5.41, 5.74) is 7.42. The van der Waals surface area contributed by atoms with Gasteiger partial charge < -0.3 is 5.11 Å². The van der Waals surface area contributed by atoms with Gasteiger partial charge in [0.15, 0.2) is 0 Å². The van der Waals surface area contributed by atoms with E-state index in [1.807, 2.05) is 0 Å². The van der Waals surface area contributed by atoms with Crippen LogP contribution in [0.1, 0.15) is 66.6 Å². The summed E-state index contributed by atoms with van der Waals surface area (Å²) in [7, 11) is 0. The standard InChI is InChI=1S/C27H32O/c1-18-8-13-21(14-9-18)26(4,5)23-17-12-20(3)24(25(23)28)27(6,7)22-15-10-19(2)11-16-22/h8-17,28H,1-7H3. The van der Waals surface area contributed by atoms with Crippen molar-refractivity contribution in [3.8, 4) is 5.75 Å². The quantitative estimate of drug-likeness (QED) is 0.524. The highest BCUT2D eigenvalue weighted by molar-refractivity contribution is 5.57. The first-order chi connectivity index (χ1) is 13.0. The van der Waals surface area contributed by atoms with E-state index in [2.05, 4.69) is 109 Å². The van der Waals surface area contributed by atoms with Gasteiger partial charge in [0.2, 0.25) is 0 Å². The van der Waals surface area contributed by atoms with E-state index in [1.165, 1.54) is 22.3 Å². The van der Waals surface area contributed by atoms with Crippen LogP contribution in [0.4, 0.5) is 0 Å². The second-order valence-corrected chi connectivity index (χ2v) is 9.14. The Morgan fingerprint density at radius 1 is 0.571 bits per heavy atom. The van der Waals surface area contributed by atoms with Gasteiger partial charge in [-0.1, -0.05) is 99.5 Å². The van der Waals surface area contributed by atoms with Crippen molar-refractivity contribution >= 4 is 0 Å². The molecule has 1 N–H and O–H groups in total. The topological polar surface area (TPSA) is 20.2 Å². The molecule has 0 saturated heterocycles. The highest BCUT2D eigenvalue weighted by Gasteiger charge is 2.33. The van der Waals surface area contributed by atoms with E-state index in [9.17, 15) is 5.11 Å². The monoisotopic (exact) mass is 372 g/mol. The average molecular weight is 373 g/mol. The van der Waals surface area contributed by atoms with Crippen LogP contribution in [-0.2, 0) is 10.8 Å². The van der Waals surface area contributed by atoms with Gasteiger partial charge in [-0.3, -0.25) is 0 Å². The lowest BCUT2D eigenvalue weighted by atomic mass is 9.71. The molecule has 3 aromatic rings. The molecule has 0 amide bonds. The van der Waals surface area contributed by atoms with Crippen molar-refractivity contribution < 1.29 is 5.11 Å². The second-order valence-electron chi connectivity index (χ2n) is 9.14. The number of benzene rings is 3. The molecular formula is C27H32O. The summed E-state index contributed by atoms with van der Waals surface area (Å²) in [4.78, 5) is 0. The molecule has 3 aromatic carbocycles. The number of aryl methyl sites for hydroxylation is 3. The SMILES string of the molecule is Cc1ccc(C(C)(C)c2ccc(C)c(C(C)(C)c3ccc(C)cc3)c2O)cc1. The van der Waals surface area contributed by atoms with Gasteiger partial charge in [-0.15, -0.1) is 0 Å². The fourth-order valence-corrected chi connectivity index (χ4v) is 4.23. The molecule has 3 rings (SSSR count). The van der Waals surface area contributed by atoms with Crippen LogP contribution < -0.4 is 0 Å². The Hall–Kier alpha value is -2.54. The third-order valence-corrected chi connectivity index (χ3v) is 6.23. The van der Waals surface area contributed by atoms with Crippen molar-refractivity contribution in [2.75, 3.05) is 0 Å². The molecule has 0 bridgehead atoms. The Morgan fingerprint density at radius 3 is 1.46 bits per heavy atom. The van der Waals surface area contributed by atoms with Gasteiger partial charge in [0.1, 0.15) is 5.75 Å². The first-order valence-electron chi connectivity index (χ1n) is 10.0. The van der Waals surface area contributed by atoms with Crippen molar-refractivity contribution in [2.24, 2.45) is 0 Å². The maximum absolute atomic E-state index is 11.5. The van der Waals surface area contributed by atoms with Crippen molar-refractivity contribution in [3.63, 3.8) is 0 Å². The maximum Gasteiger partial charge on any atom is 0.123 e. The fraction of sp³-hybridized carbons (Fsp3) is 0.333. The summed E-state index contributed by atoms with van der Waals surface area (Å²) in [6, 6.07) is 21.5. The van der Waals surface area contributed by atoms with Crippen LogP contribution in [0.25, 0.3) is 0 Å². The van der Waals surface area contributed by atoms with Gasteiger partial charge >= 0.3 is 0 Å². The Labute approximate surface area is 170 Å². The van der Waals surface area contributed by atoms with Crippen LogP contribution in [0.2, 0.25) is 0 Å². The zero-order valence-corrected chi connectivity index (χ0v) is 18.2. The van der Waals surface area contributed by atoms with E-state index in [0.717, 1.165) is 16.7 Å². The molecule has 146 valence electrons. The molecule has 0 atom stereocenters. The van der Waals surface area contributed by atoms with Crippen LogP contribution in [0.5, 0.6) is 5.75 Å². The molecule has 0 aliphatic rings. The highest BCUT2D eigenvalue weighted by Crippen LogP contribution is 2.45. The number of aromatic hydroxyl groups is 1. The maximum atomic E-state index is 11.5. The third kappa shape index (κ3) is 3.46. The molecule has 0 aliphatic carbocycles. The van der Waals surface area contributed by atoms with Crippen LogP contribution in [0, 0.1) is 20.8 Å². The first kappa shape index (κ1) is 20.2. The van der Waals surface area contributed by atoms with Gasteiger partial charge in [-0.25, -0.2) is 0 Å². The molecule has 0 heterocycles. The van der Waals surface area contributed by atoms with Crippen molar-refractivity contribution in [2.45, 2.75) is 59.3 Å². The van der Waals surface area contributed by atoms with Crippen molar-refractivity contribution in [1.82, 2.24) is 0 Å². The summed E-state index contributed by atoms with van der Waals surface area (Å²) in [6.07, 6.45) is 0. The largest absolute Gasteiger partial charge is 0.507 e. The Kier molecular flexibility index (Phi) is 5.14. The van der Waals surface area contributed by atoms with Crippen LogP contribution in [0.15, 0.2) is 60.7 Å². The number of phenols is 1. The van der Waals surface area contributed by atoms with Gasteiger partial charge in [0, 0.05) is 22.0 Å². The minimum absolute atomic E-state index is 0.288. The zero-order valence-electron chi connectivity index (χ0n) is 18.2. The summed E-state index contributed by atoms with van der Waals surface area (Å²) >= 11 is 0. The molecule has 0 spiro atoms. The first-order valence-corrected chi connectivity index (χ1v) is 10.0. The third-order valence-electron chi connectivity index (χ3n) is 6.23. The molecule has 0 fully saturated rings. The van der Waals surface area contributed by atoms with E-state index >= 15 is 0 Å². The number of hydrogen-bond donors (Lipinski definition) is 1. The lowest BCUT2D eigenvalue weighted by molar-refractivity contribution is 0.432. The molecule has 1 nitrogen and oxygen atoms in total. The van der Waals surface area contributed by atoms with E-state index in [1.54, 1.807) is 0 Å². The van der Waals surface area contributed by atoms with Crippen LogP contribution in [-0.4, -0.2) is 5.11 Å². The number of hydrogen-bond acceptors (Lipinski definition) is 1. The summed E-state index contributed by atoms with van der Waals surface area (Å²) < 4.78 is 0. The summed E-state index contributed by atoms with van der Waals surface area (Å²) in [5.74, 6) is 0.413. The predicted molar refractivity (Wildman–Crippen MR) is 119 cm³/mol. The molecule has 0 radical (unpaired) electrons. The van der Waals surface area contributed by atoms with E-state index in [0.29, 0.717) is 5.75 Å². The molecule has 0 unspecified atom stereocenters. The van der Waals surface area contributed by atoms with Crippen molar-refractivity contribution in [1.29, 1.82) is 0 Å². The second kappa shape index (κ2) is 7.13. The molecule has 0 aliphatic heterocycles. The van der Waals surface area contributed by atoms with Gasteiger partial charge in [0.25, 0.3) is 0 Å². The van der Waals surface area contributed by atoms with Crippen LogP contribution in [0.3, 0.4) is 0 Å². The Morgan fingerprint density at radius 2 is 1.00 bits per heavy atom. The normalized spacial score (nSPS) is 12.2. The van der Waals surface area contributed by atoms with Crippen LogP contribution >= 0.6 is 0 Å². The van der Waals surface area contributed by atoms with Gasteiger partial charge in [-0.2, -0.15) is 0 Å². The minimum Gasteiger partial charge on any atom is -0.507 e. The van der Waals surface area contributed by atoms with E-state index in [-0.39, 0.29) is 10.8 Å².